The summed E-state index contributed by atoms with van der Waals surface area (Å²) in [4.78, 5) is 12.8. The quantitative estimate of drug-likeness (QED) is 0.673. The fourth-order valence-corrected chi connectivity index (χ4v) is 2.17. The number of carboxylic acid groups (broad SMARTS) is 1. The van der Waals surface area contributed by atoms with Gasteiger partial charge in [0.1, 0.15) is 0 Å². The molecule has 0 aromatic heterocycles. The van der Waals surface area contributed by atoms with Gasteiger partial charge in [-0.05, 0) is 52.7 Å². The maximum Gasteiger partial charge on any atom is 0.303 e. The van der Waals surface area contributed by atoms with E-state index in [1.807, 2.05) is 0 Å². The minimum Gasteiger partial charge on any atom is -0.481 e. The van der Waals surface area contributed by atoms with Crippen molar-refractivity contribution < 1.29 is 9.90 Å². The zero-order valence-electron chi connectivity index (χ0n) is 10.4. The highest BCUT2D eigenvalue weighted by atomic mass is 16.4. The summed E-state index contributed by atoms with van der Waals surface area (Å²) in [6, 6.07) is 1.23. The minimum atomic E-state index is -0.698. The Kier molecular flexibility index (Phi) is 5.77. The molecule has 4 heteroatoms. The molecule has 0 amide bonds. The van der Waals surface area contributed by atoms with Gasteiger partial charge < -0.3 is 15.3 Å². The monoisotopic (exact) mass is 228 g/mol. The molecular formula is C12H24N2O2. The van der Waals surface area contributed by atoms with Crippen molar-refractivity contribution >= 4 is 5.97 Å². The molecule has 1 aliphatic heterocycles. The Morgan fingerprint density at radius 3 is 2.56 bits per heavy atom. The first-order valence-corrected chi connectivity index (χ1v) is 6.29. The number of likely N-dealkylation sites (tertiary alicyclic amines) is 1. The van der Waals surface area contributed by atoms with E-state index >= 15 is 0 Å². The maximum atomic E-state index is 10.3. The average Bonchev–Trinajstić information content (AvgIpc) is 2.25. The molecule has 0 aromatic rings. The number of nitrogens with zero attached hydrogens (tertiary/aromatic N) is 1. The van der Waals surface area contributed by atoms with E-state index in [9.17, 15) is 4.79 Å². The second kappa shape index (κ2) is 6.86. The van der Waals surface area contributed by atoms with Crippen LogP contribution in [0.3, 0.4) is 0 Å². The van der Waals surface area contributed by atoms with Crippen LogP contribution in [0.1, 0.15) is 39.5 Å². The third-order valence-corrected chi connectivity index (χ3v) is 3.26. The fraction of sp³-hybridized carbons (Fsp3) is 0.917. The van der Waals surface area contributed by atoms with Crippen LogP contribution in [0.5, 0.6) is 0 Å². The van der Waals surface area contributed by atoms with Gasteiger partial charge in [0.2, 0.25) is 0 Å². The van der Waals surface area contributed by atoms with E-state index in [0.717, 1.165) is 26.1 Å². The zero-order valence-corrected chi connectivity index (χ0v) is 10.4. The summed E-state index contributed by atoms with van der Waals surface area (Å²) in [7, 11) is 0. The summed E-state index contributed by atoms with van der Waals surface area (Å²) < 4.78 is 0. The highest BCUT2D eigenvalue weighted by molar-refractivity contribution is 5.66. The smallest absolute Gasteiger partial charge is 0.303 e. The van der Waals surface area contributed by atoms with Gasteiger partial charge in [0.15, 0.2) is 0 Å². The number of carbonyl (C=O) groups is 1. The number of rotatable bonds is 6. The van der Waals surface area contributed by atoms with E-state index in [0.29, 0.717) is 12.1 Å². The molecule has 0 spiro atoms. The van der Waals surface area contributed by atoms with E-state index in [1.165, 1.54) is 12.8 Å². The third kappa shape index (κ3) is 4.94. The van der Waals surface area contributed by atoms with Crippen molar-refractivity contribution in [2.45, 2.75) is 51.6 Å². The summed E-state index contributed by atoms with van der Waals surface area (Å²) in [5.74, 6) is -0.698. The first-order chi connectivity index (χ1) is 7.59. The Morgan fingerprint density at radius 2 is 2.06 bits per heavy atom. The van der Waals surface area contributed by atoms with Crippen molar-refractivity contribution in [1.82, 2.24) is 10.2 Å². The van der Waals surface area contributed by atoms with E-state index < -0.39 is 5.97 Å². The Morgan fingerprint density at radius 1 is 1.44 bits per heavy atom. The van der Waals surface area contributed by atoms with Crippen LogP contribution >= 0.6 is 0 Å². The van der Waals surface area contributed by atoms with Crippen LogP contribution in [-0.4, -0.2) is 47.7 Å². The maximum absolute atomic E-state index is 10.3. The van der Waals surface area contributed by atoms with Crippen molar-refractivity contribution in [3.05, 3.63) is 0 Å². The van der Waals surface area contributed by atoms with Gasteiger partial charge >= 0.3 is 5.97 Å². The molecule has 0 atom stereocenters. The van der Waals surface area contributed by atoms with Crippen molar-refractivity contribution in [3.63, 3.8) is 0 Å². The summed E-state index contributed by atoms with van der Waals surface area (Å²) in [6.45, 7) is 7.63. The van der Waals surface area contributed by atoms with Gasteiger partial charge in [-0.15, -0.1) is 0 Å². The van der Waals surface area contributed by atoms with Crippen LogP contribution in [0.2, 0.25) is 0 Å². The fourth-order valence-electron chi connectivity index (χ4n) is 2.17. The first-order valence-electron chi connectivity index (χ1n) is 6.29. The lowest BCUT2D eigenvalue weighted by molar-refractivity contribution is -0.137. The average molecular weight is 228 g/mol. The van der Waals surface area contributed by atoms with Crippen molar-refractivity contribution in [2.75, 3.05) is 19.6 Å². The summed E-state index contributed by atoms with van der Waals surface area (Å²) in [6.07, 6.45) is 3.38. The van der Waals surface area contributed by atoms with Crippen molar-refractivity contribution in [1.29, 1.82) is 0 Å². The number of hydrogen-bond donors (Lipinski definition) is 2. The number of nitrogens with one attached hydrogen (secondary N) is 1. The molecule has 1 aliphatic rings. The van der Waals surface area contributed by atoms with Gasteiger partial charge in [-0.1, -0.05) is 0 Å². The van der Waals surface area contributed by atoms with E-state index in [2.05, 4.69) is 24.1 Å². The molecule has 2 N–H and O–H groups in total. The van der Waals surface area contributed by atoms with Crippen LogP contribution in [-0.2, 0) is 4.79 Å². The Hall–Kier alpha value is -0.610. The molecule has 0 saturated carbocycles. The van der Waals surface area contributed by atoms with Crippen LogP contribution < -0.4 is 5.32 Å². The lowest BCUT2D eigenvalue weighted by Gasteiger charge is -2.35. The van der Waals surface area contributed by atoms with Gasteiger partial charge in [0.05, 0.1) is 0 Å². The van der Waals surface area contributed by atoms with E-state index in [1.54, 1.807) is 0 Å². The Bertz CT molecular complexity index is 211. The van der Waals surface area contributed by atoms with Crippen LogP contribution in [0.15, 0.2) is 0 Å². The van der Waals surface area contributed by atoms with Crippen LogP contribution in [0, 0.1) is 0 Å². The molecule has 0 bridgehead atoms. The van der Waals surface area contributed by atoms with Crippen molar-refractivity contribution in [2.24, 2.45) is 0 Å². The Labute approximate surface area is 98.0 Å². The highest BCUT2D eigenvalue weighted by Crippen LogP contribution is 2.12. The number of hydrogen-bond acceptors (Lipinski definition) is 3. The Balaban J connectivity index is 2.06. The largest absolute Gasteiger partial charge is 0.481 e. The highest BCUT2D eigenvalue weighted by Gasteiger charge is 2.19. The lowest BCUT2D eigenvalue weighted by atomic mass is 10.0. The molecule has 0 aromatic carbocycles. The molecule has 16 heavy (non-hydrogen) atoms. The molecule has 0 radical (unpaired) electrons. The summed E-state index contributed by atoms with van der Waals surface area (Å²) in [5.41, 5.74) is 0. The number of carboxylic acids is 1. The second-order valence-electron chi connectivity index (χ2n) is 4.86. The molecule has 0 aliphatic carbocycles. The minimum absolute atomic E-state index is 0.276. The summed E-state index contributed by atoms with van der Waals surface area (Å²) >= 11 is 0. The van der Waals surface area contributed by atoms with Crippen LogP contribution in [0.4, 0.5) is 0 Å². The van der Waals surface area contributed by atoms with Crippen LogP contribution in [0.25, 0.3) is 0 Å². The molecule has 1 heterocycles. The van der Waals surface area contributed by atoms with Gasteiger partial charge in [0.25, 0.3) is 0 Å². The van der Waals surface area contributed by atoms with Gasteiger partial charge in [-0.3, -0.25) is 4.79 Å². The molecule has 94 valence electrons. The molecule has 1 fully saturated rings. The molecule has 0 unspecified atom stereocenters. The molecular weight excluding hydrogens is 204 g/mol. The standard InChI is InChI=1S/C12H24N2O2/c1-10(2)14-8-5-11(6-9-14)13-7-3-4-12(15)16/h10-11,13H,3-9H2,1-2H3,(H,15,16). The number of piperidine rings is 1. The van der Waals surface area contributed by atoms with Gasteiger partial charge in [0, 0.05) is 18.5 Å². The zero-order chi connectivity index (χ0) is 12.0. The predicted octanol–water partition coefficient (Wildman–Crippen LogP) is 1.31. The van der Waals surface area contributed by atoms with E-state index in [-0.39, 0.29) is 6.42 Å². The lowest BCUT2D eigenvalue weighted by Crippen LogP contribution is -2.45. The topological polar surface area (TPSA) is 52.6 Å². The SMILES string of the molecule is CC(C)N1CCC(NCCCC(=O)O)CC1. The predicted molar refractivity (Wildman–Crippen MR) is 64.6 cm³/mol. The molecule has 1 saturated heterocycles. The summed E-state index contributed by atoms with van der Waals surface area (Å²) in [5, 5.41) is 12.0. The van der Waals surface area contributed by atoms with Crippen molar-refractivity contribution in [3.8, 4) is 0 Å². The van der Waals surface area contributed by atoms with Gasteiger partial charge in [-0.25, -0.2) is 0 Å². The third-order valence-electron chi connectivity index (χ3n) is 3.26. The second-order valence-corrected chi connectivity index (χ2v) is 4.86. The molecule has 4 nitrogen and oxygen atoms in total. The molecule has 1 rings (SSSR count). The normalized spacial score (nSPS) is 19.2. The number of aliphatic carboxylic acids is 1. The first kappa shape index (κ1) is 13.5. The van der Waals surface area contributed by atoms with E-state index in [4.69, 9.17) is 5.11 Å². The van der Waals surface area contributed by atoms with Gasteiger partial charge in [-0.2, -0.15) is 0 Å².